The number of halogens is 1. The monoisotopic (exact) mass is 345 g/mol. The highest BCUT2D eigenvalue weighted by atomic mass is 19.1. The highest BCUT2D eigenvalue weighted by molar-refractivity contribution is 5.79. The molecule has 0 radical (unpaired) electrons. The highest BCUT2D eigenvalue weighted by Crippen LogP contribution is 2.11. The zero-order valence-electron chi connectivity index (χ0n) is 15.0. The van der Waals surface area contributed by atoms with Crippen molar-refractivity contribution in [2.75, 3.05) is 13.7 Å². The third kappa shape index (κ3) is 5.87. The van der Waals surface area contributed by atoms with Crippen LogP contribution in [-0.2, 0) is 17.9 Å². The topological polar surface area (TPSA) is 42.8 Å². The van der Waals surface area contributed by atoms with Crippen molar-refractivity contribution in [3.05, 3.63) is 65.5 Å². The molecule has 0 fully saturated rings. The van der Waals surface area contributed by atoms with Crippen molar-refractivity contribution >= 4 is 5.91 Å². The van der Waals surface area contributed by atoms with Crippen LogP contribution in [0.2, 0.25) is 0 Å². The van der Waals surface area contributed by atoms with Gasteiger partial charge < -0.3 is 15.0 Å². The molecule has 2 N–H and O–H groups in total. The van der Waals surface area contributed by atoms with E-state index in [1.165, 1.54) is 12.1 Å². The van der Waals surface area contributed by atoms with Crippen LogP contribution in [0.1, 0.15) is 25.0 Å². The summed E-state index contributed by atoms with van der Waals surface area (Å²) in [6, 6.07) is 13.9. The molecule has 0 saturated carbocycles. The predicted molar refractivity (Wildman–Crippen MR) is 95.9 cm³/mol. The second-order valence-electron chi connectivity index (χ2n) is 6.17. The number of rotatable bonds is 8. The predicted octanol–water partition coefficient (Wildman–Crippen LogP) is 1.94. The highest BCUT2D eigenvalue weighted by Gasteiger charge is 2.21. The van der Waals surface area contributed by atoms with E-state index in [1.807, 2.05) is 45.2 Å². The molecule has 1 unspecified atom stereocenters. The molecule has 2 aromatic rings. The lowest BCUT2D eigenvalue weighted by molar-refractivity contribution is -0.908. The molecule has 1 amide bonds. The molecule has 5 heteroatoms. The van der Waals surface area contributed by atoms with Crippen LogP contribution in [-0.4, -0.2) is 25.6 Å². The van der Waals surface area contributed by atoms with E-state index in [4.69, 9.17) is 4.74 Å². The van der Waals surface area contributed by atoms with Gasteiger partial charge in [0.2, 0.25) is 0 Å². The minimum Gasteiger partial charge on any atom is -0.494 e. The Balaban J connectivity index is 1.84. The Morgan fingerprint density at radius 2 is 1.72 bits per heavy atom. The van der Waals surface area contributed by atoms with Crippen LogP contribution in [0, 0.1) is 5.82 Å². The quantitative estimate of drug-likeness (QED) is 0.768. The summed E-state index contributed by atoms with van der Waals surface area (Å²) in [5, 5.41) is 2.91. The van der Waals surface area contributed by atoms with Crippen LogP contribution in [0.3, 0.4) is 0 Å². The molecule has 0 bridgehead atoms. The van der Waals surface area contributed by atoms with Gasteiger partial charge in [-0.15, -0.1) is 0 Å². The molecule has 0 aliphatic heterocycles. The van der Waals surface area contributed by atoms with Crippen LogP contribution >= 0.6 is 0 Å². The average molecular weight is 345 g/mol. The molecule has 2 atom stereocenters. The number of amides is 1. The molecule has 25 heavy (non-hydrogen) atoms. The molecule has 0 heterocycles. The summed E-state index contributed by atoms with van der Waals surface area (Å²) in [5.41, 5.74) is 2.03. The summed E-state index contributed by atoms with van der Waals surface area (Å²) in [5.74, 6) is 0.560. The molecule has 0 aliphatic carbocycles. The molecule has 2 aromatic carbocycles. The summed E-state index contributed by atoms with van der Waals surface area (Å²) in [6.07, 6.45) is 0. The number of carbonyl (C=O) groups is 1. The van der Waals surface area contributed by atoms with Gasteiger partial charge in [0, 0.05) is 12.1 Å². The molecular formula is C20H26FN2O2+. The van der Waals surface area contributed by atoms with Gasteiger partial charge in [-0.2, -0.15) is 0 Å². The van der Waals surface area contributed by atoms with Gasteiger partial charge >= 0.3 is 0 Å². The number of carbonyl (C=O) groups excluding carboxylic acids is 1. The number of benzene rings is 2. The first-order valence-electron chi connectivity index (χ1n) is 8.55. The third-order valence-corrected chi connectivity index (χ3v) is 4.23. The molecule has 0 saturated heterocycles. The number of quaternary nitrogens is 1. The first-order valence-corrected chi connectivity index (χ1v) is 8.55. The normalized spacial score (nSPS) is 13.1. The number of likely N-dealkylation sites (N-methyl/N-ethyl adjacent to an activating group) is 1. The van der Waals surface area contributed by atoms with Crippen molar-refractivity contribution < 1.29 is 18.8 Å². The molecule has 4 nitrogen and oxygen atoms in total. The summed E-state index contributed by atoms with van der Waals surface area (Å²) in [4.78, 5) is 13.4. The molecule has 134 valence electrons. The maximum Gasteiger partial charge on any atom is 0.278 e. The number of hydrogen-bond acceptors (Lipinski definition) is 2. The van der Waals surface area contributed by atoms with Crippen molar-refractivity contribution in [3.63, 3.8) is 0 Å². The van der Waals surface area contributed by atoms with E-state index in [9.17, 15) is 9.18 Å². The Hall–Kier alpha value is -2.40. The number of hydrogen-bond donors (Lipinski definition) is 2. The van der Waals surface area contributed by atoms with E-state index < -0.39 is 0 Å². The Morgan fingerprint density at radius 3 is 2.32 bits per heavy atom. The molecule has 0 aromatic heterocycles. The van der Waals surface area contributed by atoms with Gasteiger partial charge in [-0.05, 0) is 55.8 Å². The Bertz CT molecular complexity index is 671. The maximum atomic E-state index is 12.9. The lowest BCUT2D eigenvalue weighted by Gasteiger charge is -2.21. The average Bonchev–Trinajstić information content (AvgIpc) is 2.62. The van der Waals surface area contributed by atoms with Crippen molar-refractivity contribution in [3.8, 4) is 5.75 Å². The Labute approximate surface area is 148 Å². The van der Waals surface area contributed by atoms with E-state index in [0.717, 1.165) is 28.3 Å². The van der Waals surface area contributed by atoms with Gasteiger partial charge in [-0.3, -0.25) is 4.79 Å². The fourth-order valence-corrected chi connectivity index (χ4v) is 2.51. The summed E-state index contributed by atoms with van der Waals surface area (Å²) >= 11 is 0. The second-order valence-corrected chi connectivity index (χ2v) is 6.17. The first kappa shape index (κ1) is 18.9. The van der Waals surface area contributed by atoms with E-state index in [-0.39, 0.29) is 17.8 Å². The van der Waals surface area contributed by atoms with Gasteiger partial charge in [0.25, 0.3) is 5.91 Å². The van der Waals surface area contributed by atoms with Crippen molar-refractivity contribution in [2.45, 2.75) is 33.0 Å². The van der Waals surface area contributed by atoms with Crippen LogP contribution < -0.4 is 15.0 Å². The first-order chi connectivity index (χ1) is 12.0. The van der Waals surface area contributed by atoms with Crippen molar-refractivity contribution in [1.82, 2.24) is 5.32 Å². The molecule has 0 spiro atoms. The van der Waals surface area contributed by atoms with Crippen LogP contribution in [0.4, 0.5) is 4.39 Å². The minimum atomic E-state index is -0.275. The molecular weight excluding hydrogens is 319 g/mol. The number of ether oxygens (including phenoxy) is 1. The molecule has 0 aliphatic rings. The Morgan fingerprint density at radius 1 is 1.12 bits per heavy atom. The zero-order valence-corrected chi connectivity index (χ0v) is 15.0. The van der Waals surface area contributed by atoms with Crippen LogP contribution in [0.25, 0.3) is 0 Å². The van der Waals surface area contributed by atoms with E-state index in [1.54, 1.807) is 12.1 Å². The molecule has 2 rings (SSSR count). The summed E-state index contributed by atoms with van der Waals surface area (Å²) < 4.78 is 18.3. The summed E-state index contributed by atoms with van der Waals surface area (Å²) in [6.45, 7) is 5.66. The minimum absolute atomic E-state index is 0.0206. The maximum absolute atomic E-state index is 12.9. The van der Waals surface area contributed by atoms with Crippen molar-refractivity contribution in [1.29, 1.82) is 0 Å². The third-order valence-electron chi connectivity index (χ3n) is 4.23. The van der Waals surface area contributed by atoms with Gasteiger partial charge in [-0.25, -0.2) is 4.39 Å². The van der Waals surface area contributed by atoms with E-state index in [2.05, 4.69) is 5.32 Å². The zero-order chi connectivity index (χ0) is 18.2. The fraction of sp³-hybridized carbons (Fsp3) is 0.350. The lowest BCUT2D eigenvalue weighted by atomic mass is 10.1. The van der Waals surface area contributed by atoms with E-state index in [0.29, 0.717) is 13.2 Å². The van der Waals surface area contributed by atoms with Crippen molar-refractivity contribution in [2.24, 2.45) is 0 Å². The smallest absolute Gasteiger partial charge is 0.278 e. The van der Waals surface area contributed by atoms with Gasteiger partial charge in [0.05, 0.1) is 13.7 Å². The SMILES string of the molecule is CCOc1ccc(C[NH+](C)[C@H](C)C(=O)NCc2ccc(F)cc2)cc1. The van der Waals surface area contributed by atoms with Crippen LogP contribution in [0.15, 0.2) is 48.5 Å². The second kappa shape index (κ2) is 9.18. The van der Waals surface area contributed by atoms with E-state index >= 15 is 0 Å². The van der Waals surface area contributed by atoms with Crippen LogP contribution in [0.5, 0.6) is 5.75 Å². The fourth-order valence-electron chi connectivity index (χ4n) is 2.51. The van der Waals surface area contributed by atoms with Gasteiger partial charge in [0.15, 0.2) is 6.04 Å². The largest absolute Gasteiger partial charge is 0.494 e. The standard InChI is InChI=1S/C20H25FN2O2/c1-4-25-19-11-7-17(8-12-19)14-23(3)15(2)20(24)22-13-16-5-9-18(21)10-6-16/h5-12,15H,4,13-14H2,1-3H3,(H,22,24)/p+1/t15-/m1/s1. The lowest BCUT2D eigenvalue weighted by Crippen LogP contribution is -3.12. The number of nitrogens with one attached hydrogen (secondary N) is 2. The summed E-state index contributed by atoms with van der Waals surface area (Å²) in [7, 11) is 2.00. The Kier molecular flexibility index (Phi) is 6.95. The van der Waals surface area contributed by atoms with Gasteiger partial charge in [-0.1, -0.05) is 12.1 Å². The van der Waals surface area contributed by atoms with Gasteiger partial charge in [0.1, 0.15) is 18.1 Å².